The molecule has 1 saturated heterocycles. The summed E-state index contributed by atoms with van der Waals surface area (Å²) < 4.78 is 0. The largest absolute Gasteiger partial charge is 0.481 e. The molecule has 6 heteroatoms. The van der Waals surface area contributed by atoms with E-state index in [0.29, 0.717) is 24.1 Å². The Labute approximate surface area is 135 Å². The van der Waals surface area contributed by atoms with Gasteiger partial charge in [-0.2, -0.15) is 0 Å². The minimum Gasteiger partial charge on any atom is -0.481 e. The van der Waals surface area contributed by atoms with Gasteiger partial charge in [-0.05, 0) is 51.5 Å². The van der Waals surface area contributed by atoms with E-state index in [-0.39, 0.29) is 24.4 Å². The third-order valence-electron chi connectivity index (χ3n) is 4.09. The van der Waals surface area contributed by atoms with Crippen LogP contribution in [0.5, 0.6) is 0 Å². The fourth-order valence-electron chi connectivity index (χ4n) is 2.60. The van der Waals surface area contributed by atoms with Crippen molar-refractivity contribution in [3.05, 3.63) is 35.4 Å². The van der Waals surface area contributed by atoms with Crippen LogP contribution in [0.25, 0.3) is 0 Å². The lowest BCUT2D eigenvalue weighted by molar-refractivity contribution is -0.147. The molecule has 0 aromatic heterocycles. The quantitative estimate of drug-likeness (QED) is 0.885. The number of carbonyl (C=O) groups excluding carboxylic acids is 2. The molecule has 2 amide bonds. The molecule has 1 aromatic carbocycles. The van der Waals surface area contributed by atoms with Crippen LogP contribution < -0.4 is 5.32 Å². The van der Waals surface area contributed by atoms with Gasteiger partial charge in [0.2, 0.25) is 0 Å². The topological polar surface area (TPSA) is 86.7 Å². The molecule has 2 rings (SSSR count). The van der Waals surface area contributed by atoms with Crippen LogP contribution in [-0.4, -0.2) is 46.9 Å². The average Bonchev–Trinajstić information content (AvgIpc) is 2.90. The Morgan fingerprint density at radius 2 is 1.74 bits per heavy atom. The predicted molar refractivity (Wildman–Crippen MR) is 85.3 cm³/mol. The zero-order valence-corrected chi connectivity index (χ0v) is 13.6. The Kier molecular flexibility index (Phi) is 4.73. The van der Waals surface area contributed by atoms with Gasteiger partial charge in [0, 0.05) is 30.3 Å². The zero-order valence-electron chi connectivity index (χ0n) is 13.6. The van der Waals surface area contributed by atoms with E-state index in [1.165, 1.54) is 0 Å². The van der Waals surface area contributed by atoms with Gasteiger partial charge in [-0.25, -0.2) is 0 Å². The molecule has 1 aromatic rings. The van der Waals surface area contributed by atoms with Gasteiger partial charge in [-0.1, -0.05) is 0 Å². The SMILES string of the molecule is CC(C)NC(=O)c1ccc(C(=O)N2CCC(C)(C(=O)O)C2)cc1. The van der Waals surface area contributed by atoms with Gasteiger partial charge < -0.3 is 15.3 Å². The number of rotatable bonds is 4. The van der Waals surface area contributed by atoms with Gasteiger partial charge in [0.1, 0.15) is 0 Å². The fourth-order valence-corrected chi connectivity index (χ4v) is 2.60. The molecule has 1 heterocycles. The summed E-state index contributed by atoms with van der Waals surface area (Å²) in [6.45, 7) is 6.04. The molecular formula is C17H22N2O4. The van der Waals surface area contributed by atoms with Crippen molar-refractivity contribution in [2.45, 2.75) is 33.2 Å². The van der Waals surface area contributed by atoms with Crippen LogP contribution in [0.4, 0.5) is 0 Å². The highest BCUT2D eigenvalue weighted by molar-refractivity contribution is 5.98. The van der Waals surface area contributed by atoms with Gasteiger partial charge in [-0.3, -0.25) is 14.4 Å². The summed E-state index contributed by atoms with van der Waals surface area (Å²) >= 11 is 0. The number of nitrogens with zero attached hydrogens (tertiary/aromatic N) is 1. The van der Waals surface area contributed by atoms with Crippen LogP contribution in [0.15, 0.2) is 24.3 Å². The Balaban J connectivity index is 2.07. The summed E-state index contributed by atoms with van der Waals surface area (Å²) in [5.41, 5.74) is 0.0695. The molecule has 2 N–H and O–H groups in total. The van der Waals surface area contributed by atoms with Crippen molar-refractivity contribution < 1.29 is 19.5 Å². The first-order valence-electron chi connectivity index (χ1n) is 7.66. The van der Waals surface area contributed by atoms with Gasteiger partial charge >= 0.3 is 5.97 Å². The Bertz CT molecular complexity index is 624. The number of likely N-dealkylation sites (tertiary alicyclic amines) is 1. The molecule has 1 aliphatic heterocycles. The molecule has 0 saturated carbocycles. The number of hydrogen-bond donors (Lipinski definition) is 2. The van der Waals surface area contributed by atoms with Crippen LogP contribution in [-0.2, 0) is 4.79 Å². The maximum absolute atomic E-state index is 12.4. The molecule has 23 heavy (non-hydrogen) atoms. The van der Waals surface area contributed by atoms with Crippen LogP contribution in [0.3, 0.4) is 0 Å². The highest BCUT2D eigenvalue weighted by Crippen LogP contribution is 2.31. The highest BCUT2D eigenvalue weighted by Gasteiger charge is 2.42. The number of hydrogen-bond acceptors (Lipinski definition) is 3. The van der Waals surface area contributed by atoms with Crippen LogP contribution >= 0.6 is 0 Å². The lowest BCUT2D eigenvalue weighted by Crippen LogP contribution is -2.35. The zero-order chi connectivity index (χ0) is 17.2. The van der Waals surface area contributed by atoms with E-state index in [9.17, 15) is 19.5 Å². The third-order valence-corrected chi connectivity index (χ3v) is 4.09. The second-order valence-electron chi connectivity index (χ2n) is 6.55. The first-order chi connectivity index (χ1) is 10.7. The molecule has 124 valence electrons. The summed E-state index contributed by atoms with van der Waals surface area (Å²) in [7, 11) is 0. The summed E-state index contributed by atoms with van der Waals surface area (Å²) in [6, 6.07) is 6.47. The molecule has 6 nitrogen and oxygen atoms in total. The number of carboxylic acid groups (broad SMARTS) is 1. The summed E-state index contributed by atoms with van der Waals surface area (Å²) in [4.78, 5) is 37.1. The Morgan fingerprint density at radius 3 is 2.22 bits per heavy atom. The van der Waals surface area contributed by atoms with Crippen molar-refractivity contribution in [3.8, 4) is 0 Å². The monoisotopic (exact) mass is 318 g/mol. The predicted octanol–water partition coefficient (Wildman–Crippen LogP) is 1.76. The fraction of sp³-hybridized carbons (Fsp3) is 0.471. The lowest BCUT2D eigenvalue weighted by Gasteiger charge is -2.20. The summed E-state index contributed by atoms with van der Waals surface area (Å²) in [5.74, 6) is -1.27. The van der Waals surface area contributed by atoms with E-state index >= 15 is 0 Å². The molecule has 0 radical (unpaired) electrons. The molecule has 0 aliphatic carbocycles. The second-order valence-corrected chi connectivity index (χ2v) is 6.55. The van der Waals surface area contributed by atoms with Crippen LogP contribution in [0, 0.1) is 5.41 Å². The smallest absolute Gasteiger partial charge is 0.311 e. The minimum absolute atomic E-state index is 0.0436. The normalized spacial score (nSPS) is 20.6. The molecule has 1 unspecified atom stereocenters. The van der Waals surface area contributed by atoms with E-state index in [1.807, 2.05) is 13.8 Å². The van der Waals surface area contributed by atoms with Crippen LogP contribution in [0.2, 0.25) is 0 Å². The number of carboxylic acids is 1. The van der Waals surface area contributed by atoms with E-state index in [4.69, 9.17) is 0 Å². The Morgan fingerprint density at radius 1 is 1.17 bits per heavy atom. The molecular weight excluding hydrogens is 296 g/mol. The van der Waals surface area contributed by atoms with E-state index < -0.39 is 11.4 Å². The molecule has 1 aliphatic rings. The van der Waals surface area contributed by atoms with E-state index in [1.54, 1.807) is 36.1 Å². The van der Waals surface area contributed by atoms with Crippen LogP contribution in [0.1, 0.15) is 47.9 Å². The van der Waals surface area contributed by atoms with Crippen molar-refractivity contribution in [2.75, 3.05) is 13.1 Å². The van der Waals surface area contributed by atoms with Gasteiger partial charge in [0.05, 0.1) is 5.41 Å². The van der Waals surface area contributed by atoms with Crippen molar-refractivity contribution in [1.29, 1.82) is 0 Å². The van der Waals surface area contributed by atoms with E-state index in [0.717, 1.165) is 0 Å². The molecule has 1 fully saturated rings. The van der Waals surface area contributed by atoms with Crippen molar-refractivity contribution in [3.63, 3.8) is 0 Å². The molecule has 0 bridgehead atoms. The van der Waals surface area contributed by atoms with Crippen molar-refractivity contribution in [1.82, 2.24) is 10.2 Å². The van der Waals surface area contributed by atoms with Gasteiger partial charge in [0.25, 0.3) is 11.8 Å². The number of nitrogens with one attached hydrogen (secondary N) is 1. The lowest BCUT2D eigenvalue weighted by atomic mass is 9.90. The minimum atomic E-state index is -0.882. The average molecular weight is 318 g/mol. The number of carbonyl (C=O) groups is 3. The standard InChI is InChI=1S/C17H22N2O4/c1-11(2)18-14(20)12-4-6-13(7-5-12)15(21)19-9-8-17(3,10-19)16(22)23/h4-7,11H,8-10H2,1-3H3,(H,18,20)(H,22,23). The Hall–Kier alpha value is -2.37. The maximum Gasteiger partial charge on any atom is 0.311 e. The van der Waals surface area contributed by atoms with Gasteiger partial charge in [0.15, 0.2) is 0 Å². The first kappa shape index (κ1) is 17.0. The third kappa shape index (κ3) is 3.70. The highest BCUT2D eigenvalue weighted by atomic mass is 16.4. The summed E-state index contributed by atoms with van der Waals surface area (Å²) in [5, 5.41) is 12.0. The second kappa shape index (κ2) is 6.40. The van der Waals surface area contributed by atoms with Gasteiger partial charge in [-0.15, -0.1) is 0 Å². The van der Waals surface area contributed by atoms with E-state index in [2.05, 4.69) is 5.32 Å². The number of aliphatic carboxylic acids is 1. The molecule has 0 spiro atoms. The van der Waals surface area contributed by atoms with Crippen molar-refractivity contribution in [2.24, 2.45) is 5.41 Å². The molecule has 1 atom stereocenters. The van der Waals surface area contributed by atoms with Crippen molar-refractivity contribution >= 4 is 17.8 Å². The maximum atomic E-state index is 12.4. The number of benzene rings is 1. The summed E-state index contributed by atoms with van der Waals surface area (Å²) in [6.07, 6.45) is 0.447. The number of amides is 2. The first-order valence-corrected chi connectivity index (χ1v) is 7.66.